The van der Waals surface area contributed by atoms with Crippen LogP contribution < -0.4 is 16.2 Å². The number of aromatic nitrogens is 4. The number of benzene rings is 1. The summed E-state index contributed by atoms with van der Waals surface area (Å²) in [5, 5.41) is 4.62. The number of hydrogen-bond acceptors (Lipinski definition) is 5. The van der Waals surface area contributed by atoms with Gasteiger partial charge in [0, 0.05) is 38.1 Å². The fraction of sp³-hybridized carbons (Fsp3) is 0.214. The van der Waals surface area contributed by atoms with E-state index in [9.17, 15) is 4.79 Å². The molecule has 0 spiro atoms. The first-order valence-electron chi connectivity index (χ1n) is 6.51. The smallest absolute Gasteiger partial charge is 0.260 e. The first kappa shape index (κ1) is 13.2. The Labute approximate surface area is 121 Å². The monoisotopic (exact) mass is 284 g/mol. The first-order valence-corrected chi connectivity index (χ1v) is 6.51. The van der Waals surface area contributed by atoms with Gasteiger partial charge in [0.25, 0.3) is 5.56 Å². The van der Waals surface area contributed by atoms with E-state index in [4.69, 9.17) is 5.73 Å². The summed E-state index contributed by atoms with van der Waals surface area (Å²) < 4.78 is 1.74. The fourth-order valence-corrected chi connectivity index (χ4v) is 2.23. The quantitative estimate of drug-likeness (QED) is 0.696. The lowest BCUT2D eigenvalue weighted by Crippen LogP contribution is -2.22. The summed E-state index contributed by atoms with van der Waals surface area (Å²) in [5.74, 6) is 0.515. The van der Waals surface area contributed by atoms with Crippen molar-refractivity contribution in [1.29, 1.82) is 0 Å². The maximum atomic E-state index is 12.1. The van der Waals surface area contributed by atoms with Gasteiger partial charge in [-0.2, -0.15) is 5.10 Å². The van der Waals surface area contributed by atoms with Gasteiger partial charge in [-0.25, -0.2) is 4.98 Å². The maximum Gasteiger partial charge on any atom is 0.260 e. The van der Waals surface area contributed by atoms with Crippen molar-refractivity contribution in [1.82, 2.24) is 19.7 Å². The summed E-state index contributed by atoms with van der Waals surface area (Å²) >= 11 is 0. The molecular formula is C14H16N6O. The molecule has 2 aromatic heterocycles. The Bertz CT molecular complexity index is 850. The molecule has 0 saturated carbocycles. The Morgan fingerprint density at radius 2 is 2.24 bits per heavy atom. The lowest BCUT2D eigenvalue weighted by molar-refractivity contribution is 0.766. The summed E-state index contributed by atoms with van der Waals surface area (Å²) in [6, 6.07) is 5.12. The molecule has 3 rings (SSSR count). The van der Waals surface area contributed by atoms with Crippen molar-refractivity contribution in [2.24, 2.45) is 7.05 Å². The molecule has 3 N–H and O–H groups in total. The minimum atomic E-state index is -0.194. The topological polar surface area (TPSA) is 92.8 Å². The maximum absolute atomic E-state index is 12.1. The van der Waals surface area contributed by atoms with Crippen LogP contribution in [0.3, 0.4) is 0 Å². The number of nitrogens with two attached hydrogens (primary N) is 1. The number of H-pyrrole nitrogens is 1. The van der Waals surface area contributed by atoms with Crippen molar-refractivity contribution < 1.29 is 0 Å². The van der Waals surface area contributed by atoms with Gasteiger partial charge in [-0.3, -0.25) is 14.5 Å². The predicted molar refractivity (Wildman–Crippen MR) is 82.1 cm³/mol. The molecule has 0 bridgehead atoms. The third-order valence-electron chi connectivity index (χ3n) is 3.26. The molecule has 0 radical (unpaired) electrons. The van der Waals surface area contributed by atoms with Gasteiger partial charge < -0.3 is 10.6 Å². The summed E-state index contributed by atoms with van der Waals surface area (Å²) in [7, 11) is 3.73. The minimum absolute atomic E-state index is 0.194. The number of nitrogen functional groups attached to an aromatic ring is 1. The van der Waals surface area contributed by atoms with Crippen LogP contribution in [0.5, 0.6) is 0 Å². The third-order valence-corrected chi connectivity index (χ3v) is 3.26. The minimum Gasteiger partial charge on any atom is -0.399 e. The van der Waals surface area contributed by atoms with Crippen LogP contribution in [0.1, 0.15) is 5.56 Å². The number of anilines is 2. The van der Waals surface area contributed by atoms with Crippen molar-refractivity contribution in [2.45, 2.75) is 6.54 Å². The highest BCUT2D eigenvalue weighted by atomic mass is 16.1. The molecule has 0 aliphatic carbocycles. The van der Waals surface area contributed by atoms with Crippen molar-refractivity contribution in [3.63, 3.8) is 0 Å². The van der Waals surface area contributed by atoms with Gasteiger partial charge >= 0.3 is 0 Å². The van der Waals surface area contributed by atoms with Crippen LogP contribution in [0.2, 0.25) is 0 Å². The van der Waals surface area contributed by atoms with Crippen molar-refractivity contribution >= 4 is 22.5 Å². The first-order chi connectivity index (χ1) is 10.0. The van der Waals surface area contributed by atoms with Crippen molar-refractivity contribution in [3.05, 3.63) is 46.5 Å². The molecule has 7 nitrogen and oxygen atoms in total. The molecule has 3 aromatic rings. The van der Waals surface area contributed by atoms with Crippen LogP contribution in [0.15, 0.2) is 35.4 Å². The molecule has 2 heterocycles. The second kappa shape index (κ2) is 4.93. The van der Waals surface area contributed by atoms with E-state index in [0.29, 0.717) is 29.1 Å². The molecule has 1 aromatic carbocycles. The molecule has 0 aliphatic rings. The zero-order valence-electron chi connectivity index (χ0n) is 11.9. The van der Waals surface area contributed by atoms with Gasteiger partial charge in [0.05, 0.1) is 17.1 Å². The zero-order valence-corrected chi connectivity index (χ0v) is 11.9. The molecule has 0 aliphatic heterocycles. The van der Waals surface area contributed by atoms with Crippen LogP contribution in [0.25, 0.3) is 10.9 Å². The van der Waals surface area contributed by atoms with E-state index >= 15 is 0 Å². The largest absolute Gasteiger partial charge is 0.399 e. The highest BCUT2D eigenvalue weighted by molar-refractivity contribution is 5.81. The number of hydrogen-bond donors (Lipinski definition) is 2. The van der Waals surface area contributed by atoms with Gasteiger partial charge in [-0.15, -0.1) is 0 Å². The van der Waals surface area contributed by atoms with Gasteiger partial charge in [0.1, 0.15) is 0 Å². The van der Waals surface area contributed by atoms with Crippen LogP contribution in [0.4, 0.5) is 11.6 Å². The summed E-state index contributed by atoms with van der Waals surface area (Å²) in [5.41, 5.74) is 7.72. The molecule has 108 valence electrons. The summed E-state index contributed by atoms with van der Waals surface area (Å²) in [4.78, 5) is 21.2. The lowest BCUT2D eigenvalue weighted by atomic mass is 10.2. The Morgan fingerprint density at radius 3 is 2.95 bits per heavy atom. The number of aromatic amines is 1. The highest BCUT2D eigenvalue weighted by Crippen LogP contribution is 2.15. The van der Waals surface area contributed by atoms with Crippen LogP contribution in [0, 0.1) is 0 Å². The van der Waals surface area contributed by atoms with E-state index in [1.54, 1.807) is 29.1 Å². The fourth-order valence-electron chi connectivity index (χ4n) is 2.23. The van der Waals surface area contributed by atoms with Gasteiger partial charge in [0.15, 0.2) is 0 Å². The molecular weight excluding hydrogens is 268 g/mol. The summed E-state index contributed by atoms with van der Waals surface area (Å²) in [6.45, 7) is 0.608. The molecule has 0 atom stereocenters. The van der Waals surface area contributed by atoms with Gasteiger partial charge in [-0.05, 0) is 18.2 Å². The number of aryl methyl sites for hydroxylation is 1. The Morgan fingerprint density at radius 1 is 1.43 bits per heavy atom. The van der Waals surface area contributed by atoms with Crippen LogP contribution >= 0.6 is 0 Å². The Hall–Kier alpha value is -2.83. The second-order valence-electron chi connectivity index (χ2n) is 5.04. The molecule has 21 heavy (non-hydrogen) atoms. The lowest BCUT2D eigenvalue weighted by Gasteiger charge is -2.16. The Balaban J connectivity index is 1.96. The van der Waals surface area contributed by atoms with Gasteiger partial charge in [-0.1, -0.05) is 0 Å². The van der Waals surface area contributed by atoms with Crippen molar-refractivity contribution in [3.8, 4) is 0 Å². The van der Waals surface area contributed by atoms with E-state index < -0.39 is 0 Å². The normalized spacial score (nSPS) is 11.0. The van der Waals surface area contributed by atoms with E-state index in [-0.39, 0.29) is 5.56 Å². The molecule has 0 fully saturated rings. The van der Waals surface area contributed by atoms with E-state index in [1.165, 1.54) is 0 Å². The standard InChI is InChI=1S/C14H16N6O/c1-19(7-9-6-16-20(2)8-9)14-17-12-4-3-10(15)5-11(12)13(21)18-14/h3-6,8H,7,15H2,1-2H3,(H,17,18,21). The van der Waals surface area contributed by atoms with E-state index in [1.807, 2.05) is 25.2 Å². The highest BCUT2D eigenvalue weighted by Gasteiger charge is 2.09. The van der Waals surface area contributed by atoms with Gasteiger partial charge in [0.2, 0.25) is 5.95 Å². The third kappa shape index (κ3) is 2.58. The van der Waals surface area contributed by atoms with Crippen LogP contribution in [-0.4, -0.2) is 26.8 Å². The van der Waals surface area contributed by atoms with E-state index in [2.05, 4.69) is 15.1 Å². The molecule has 7 heteroatoms. The molecule has 0 amide bonds. The van der Waals surface area contributed by atoms with Crippen LogP contribution in [-0.2, 0) is 13.6 Å². The number of nitrogens with zero attached hydrogens (tertiary/aromatic N) is 4. The second-order valence-corrected chi connectivity index (χ2v) is 5.04. The summed E-state index contributed by atoms with van der Waals surface area (Å²) in [6.07, 6.45) is 3.71. The predicted octanol–water partition coefficient (Wildman–Crippen LogP) is 0.875. The molecule has 0 unspecified atom stereocenters. The number of fused-ring (bicyclic) bond motifs is 1. The molecule has 0 saturated heterocycles. The Kier molecular flexibility index (Phi) is 3.09. The average Bonchev–Trinajstić information content (AvgIpc) is 2.84. The van der Waals surface area contributed by atoms with E-state index in [0.717, 1.165) is 5.56 Å². The van der Waals surface area contributed by atoms with Crippen molar-refractivity contribution in [2.75, 3.05) is 17.7 Å². The number of rotatable bonds is 3. The SMILES string of the molecule is CN(Cc1cnn(C)c1)c1nc2ccc(N)cc2c(=O)[nH]1. The number of nitrogens with one attached hydrogen (secondary N) is 1. The average molecular weight is 284 g/mol. The zero-order chi connectivity index (χ0) is 15.0.